The van der Waals surface area contributed by atoms with E-state index in [1.165, 1.54) is 12.3 Å². The van der Waals surface area contributed by atoms with Crippen molar-refractivity contribution in [3.05, 3.63) is 59.5 Å². The van der Waals surface area contributed by atoms with Gasteiger partial charge in [0.2, 0.25) is 0 Å². The van der Waals surface area contributed by atoms with Crippen molar-refractivity contribution in [2.45, 2.75) is 62.9 Å². The molecule has 10 heteroatoms. The topological polar surface area (TPSA) is 86.5 Å². The lowest BCUT2D eigenvalue weighted by molar-refractivity contribution is -0.200. The summed E-state index contributed by atoms with van der Waals surface area (Å²) in [5.74, 6) is 0.505. The van der Waals surface area contributed by atoms with Crippen LogP contribution in [0.4, 0.5) is 8.78 Å². The van der Waals surface area contributed by atoms with Gasteiger partial charge >= 0.3 is 6.11 Å². The van der Waals surface area contributed by atoms with Gasteiger partial charge in [-0.1, -0.05) is 11.6 Å². The van der Waals surface area contributed by atoms with Gasteiger partial charge in [0.25, 0.3) is 0 Å². The van der Waals surface area contributed by atoms with E-state index in [0.29, 0.717) is 35.4 Å². The molecule has 3 aromatic rings. The fourth-order valence-corrected chi connectivity index (χ4v) is 6.18. The van der Waals surface area contributed by atoms with E-state index in [9.17, 15) is 18.7 Å². The van der Waals surface area contributed by atoms with Crippen LogP contribution in [-0.4, -0.2) is 37.9 Å². The fraction of sp³-hybridized carbons (Fsp3) is 0.423. The number of aliphatic hydroxyl groups excluding tert-OH is 1. The summed E-state index contributed by atoms with van der Waals surface area (Å²) in [6.07, 6.45) is 3.34. The van der Waals surface area contributed by atoms with E-state index in [0.717, 1.165) is 24.8 Å². The number of halogens is 3. The molecular weight excluding hydrogens is 492 g/mol. The predicted molar refractivity (Wildman–Crippen MR) is 126 cm³/mol. The zero-order valence-electron chi connectivity index (χ0n) is 19.5. The van der Waals surface area contributed by atoms with Crippen LogP contribution in [0.2, 0.25) is 5.02 Å². The number of hydrogen-bond acceptors (Lipinski definition) is 6. The molecule has 2 aromatic heterocycles. The number of rotatable bonds is 7. The number of aromatic nitrogens is 3. The van der Waals surface area contributed by atoms with Crippen LogP contribution in [0.15, 0.2) is 48.9 Å². The van der Waals surface area contributed by atoms with Gasteiger partial charge in [0.15, 0.2) is 11.9 Å². The lowest BCUT2D eigenvalue weighted by atomic mass is 9.38. The number of aliphatic hydroxyl groups is 1. The summed E-state index contributed by atoms with van der Waals surface area (Å²) < 4.78 is 38.4. The van der Waals surface area contributed by atoms with Crippen LogP contribution in [0, 0.1) is 5.41 Å². The number of carbonyl (C=O) groups excluding carboxylic acids is 1. The van der Waals surface area contributed by atoms with Crippen molar-refractivity contribution in [1.29, 1.82) is 0 Å². The first kappa shape index (κ1) is 23.4. The second-order valence-corrected chi connectivity index (χ2v) is 10.8. The van der Waals surface area contributed by atoms with Crippen molar-refractivity contribution < 1.29 is 28.2 Å². The normalized spacial score (nSPS) is 28.4. The van der Waals surface area contributed by atoms with Crippen LogP contribution in [0.3, 0.4) is 0 Å². The first-order valence-corrected chi connectivity index (χ1v) is 12.2. The average Bonchev–Trinajstić information content (AvgIpc) is 3.24. The maximum atomic E-state index is 13.0. The second-order valence-electron chi connectivity index (χ2n) is 10.4. The minimum atomic E-state index is -3.27. The molecular formula is C26H24ClF2N3O4. The number of ketones is 1. The highest BCUT2D eigenvalue weighted by molar-refractivity contribution is 6.30. The highest BCUT2D eigenvalue weighted by atomic mass is 35.5. The molecule has 0 radical (unpaired) electrons. The van der Waals surface area contributed by atoms with Crippen LogP contribution in [0.5, 0.6) is 11.5 Å². The summed E-state index contributed by atoms with van der Waals surface area (Å²) in [7, 11) is 0. The lowest BCUT2D eigenvalue weighted by Gasteiger charge is -2.70. The third-order valence-corrected chi connectivity index (χ3v) is 7.69. The van der Waals surface area contributed by atoms with Crippen LogP contribution < -0.4 is 9.47 Å². The van der Waals surface area contributed by atoms with Gasteiger partial charge in [-0.05, 0) is 55.0 Å². The molecule has 0 amide bonds. The quantitative estimate of drug-likeness (QED) is 0.459. The number of fused-ring (bicyclic) bond motifs is 1. The van der Waals surface area contributed by atoms with E-state index >= 15 is 0 Å². The third kappa shape index (κ3) is 4.04. The van der Waals surface area contributed by atoms with Gasteiger partial charge in [-0.25, -0.2) is 0 Å². The zero-order valence-corrected chi connectivity index (χ0v) is 20.2. The highest BCUT2D eigenvalue weighted by Gasteiger charge is 2.69. The van der Waals surface area contributed by atoms with Crippen molar-refractivity contribution in [2.75, 3.05) is 0 Å². The molecule has 1 N–H and O–H groups in total. The maximum absolute atomic E-state index is 13.0. The minimum absolute atomic E-state index is 0.00766. The van der Waals surface area contributed by atoms with Gasteiger partial charge in [0, 0.05) is 42.1 Å². The molecule has 0 saturated heterocycles. The molecule has 2 bridgehead atoms. The number of Topliss-reactive ketones (excluding diaryl/α,β-unsaturated/α-hetero) is 1. The molecule has 0 unspecified atom stereocenters. The van der Waals surface area contributed by atoms with Gasteiger partial charge in [-0.3, -0.25) is 14.5 Å². The molecule has 0 spiro atoms. The Balaban J connectivity index is 1.07. The van der Waals surface area contributed by atoms with Crippen LogP contribution >= 0.6 is 11.6 Å². The Bertz CT molecular complexity index is 1320. The first-order valence-electron chi connectivity index (χ1n) is 11.8. The SMILES string of the molecule is CC(F)(F)Oc1ccc(-c2cnn(C34CC(CC(=O)[C@H]5C[C@@H](O)c6cc(Cl)ccc6O5)(C3)C4)c2)nc1. The highest BCUT2D eigenvalue weighted by Crippen LogP contribution is 2.73. The molecule has 3 saturated carbocycles. The largest absolute Gasteiger partial charge is 0.482 e. The van der Waals surface area contributed by atoms with Gasteiger partial charge in [0.05, 0.1) is 29.7 Å². The Morgan fingerprint density at radius 2 is 2.06 bits per heavy atom. The van der Waals surface area contributed by atoms with Gasteiger partial charge in [-0.2, -0.15) is 13.9 Å². The molecule has 3 heterocycles. The van der Waals surface area contributed by atoms with Crippen molar-refractivity contribution in [2.24, 2.45) is 5.41 Å². The average molecular weight is 516 g/mol. The van der Waals surface area contributed by atoms with Crippen LogP contribution in [-0.2, 0) is 10.3 Å². The molecule has 36 heavy (non-hydrogen) atoms. The van der Waals surface area contributed by atoms with E-state index in [2.05, 4.69) is 14.8 Å². The summed E-state index contributed by atoms with van der Waals surface area (Å²) in [5, 5.41) is 15.5. The molecule has 1 aromatic carbocycles. The zero-order chi connectivity index (χ0) is 25.3. The molecule has 3 aliphatic carbocycles. The van der Waals surface area contributed by atoms with Gasteiger partial charge in [0.1, 0.15) is 11.5 Å². The van der Waals surface area contributed by atoms with E-state index in [4.69, 9.17) is 16.3 Å². The van der Waals surface area contributed by atoms with E-state index in [-0.39, 0.29) is 28.9 Å². The molecule has 3 fully saturated rings. The standard InChI is InChI=1S/C26H24ClF2N3O4/c1-24(28,29)36-17-3-4-19(30-10-17)15-9-31-32(11-15)26-12-25(13-26,14-26)8-21(34)23-7-20(33)18-6-16(27)2-5-22(18)35-23/h2-6,9-11,20,23,33H,7-8,12-14H2,1H3/t20-,23-,25?,26?/m1/s1. The van der Waals surface area contributed by atoms with Gasteiger partial charge < -0.3 is 14.6 Å². The van der Waals surface area contributed by atoms with Crippen LogP contribution in [0.25, 0.3) is 11.3 Å². The number of nitrogens with zero attached hydrogens (tertiary/aromatic N) is 3. The summed E-state index contributed by atoms with van der Waals surface area (Å²) in [6, 6.07) is 8.13. The molecule has 7 rings (SSSR count). The molecule has 1 aliphatic heterocycles. The molecule has 4 aliphatic rings. The number of carbonyl (C=O) groups is 1. The van der Waals surface area contributed by atoms with Crippen LogP contribution in [0.1, 0.15) is 50.7 Å². The van der Waals surface area contributed by atoms with Gasteiger partial charge in [-0.15, -0.1) is 0 Å². The van der Waals surface area contributed by atoms with Crippen molar-refractivity contribution in [3.63, 3.8) is 0 Å². The minimum Gasteiger partial charge on any atom is -0.482 e. The fourth-order valence-electron chi connectivity index (χ4n) is 6.00. The third-order valence-electron chi connectivity index (χ3n) is 7.46. The van der Waals surface area contributed by atoms with Crippen molar-refractivity contribution in [3.8, 4) is 22.8 Å². The lowest BCUT2D eigenvalue weighted by Crippen LogP contribution is -2.68. The second kappa shape index (κ2) is 7.98. The Morgan fingerprint density at radius 3 is 2.75 bits per heavy atom. The number of hydrogen-bond donors (Lipinski definition) is 1. The molecule has 2 atom stereocenters. The van der Waals surface area contributed by atoms with E-state index in [1.807, 2.05) is 10.9 Å². The summed E-state index contributed by atoms with van der Waals surface area (Å²) in [4.78, 5) is 17.3. The smallest absolute Gasteiger partial charge is 0.394 e. The monoisotopic (exact) mass is 515 g/mol. The summed E-state index contributed by atoms with van der Waals surface area (Å²) in [6.45, 7) is 0.677. The summed E-state index contributed by atoms with van der Waals surface area (Å²) >= 11 is 6.01. The van der Waals surface area contributed by atoms with Crippen molar-refractivity contribution in [1.82, 2.24) is 14.8 Å². The van der Waals surface area contributed by atoms with E-state index in [1.54, 1.807) is 30.5 Å². The molecule has 7 nitrogen and oxygen atoms in total. The predicted octanol–water partition coefficient (Wildman–Crippen LogP) is 5.31. The maximum Gasteiger partial charge on any atom is 0.394 e. The first-order chi connectivity index (χ1) is 17.0. The Labute approximate surface area is 211 Å². The van der Waals surface area contributed by atoms with E-state index < -0.39 is 18.3 Å². The number of pyridine rings is 1. The number of ether oxygens (including phenoxy) is 2. The van der Waals surface area contributed by atoms with Crippen molar-refractivity contribution >= 4 is 17.4 Å². The summed E-state index contributed by atoms with van der Waals surface area (Å²) in [5.41, 5.74) is 1.84. The Morgan fingerprint density at radius 1 is 1.28 bits per heavy atom. The molecule has 188 valence electrons. The Kier molecular flexibility index (Phi) is 5.18. The number of benzene rings is 1. The Hall–Kier alpha value is -3.04. The number of alkyl halides is 2.